The molecule has 1 rings (SSSR count). The van der Waals surface area contributed by atoms with Gasteiger partial charge in [0.15, 0.2) is 0 Å². The van der Waals surface area contributed by atoms with E-state index in [1.807, 2.05) is 0 Å². The van der Waals surface area contributed by atoms with Gasteiger partial charge in [-0.1, -0.05) is 161 Å². The fourth-order valence-corrected chi connectivity index (χ4v) is 6.27. The largest absolute Gasteiger partial charge is 0.748 e. The third-order valence-corrected chi connectivity index (χ3v) is 9.20. The van der Waals surface area contributed by atoms with Gasteiger partial charge in [0.1, 0.15) is 0 Å². The van der Waals surface area contributed by atoms with Crippen molar-refractivity contribution in [3.8, 4) is 0 Å². The molecule has 0 heterocycles. The molecule has 2 atom stereocenters. The minimum atomic E-state index is -4.02. The van der Waals surface area contributed by atoms with E-state index in [1.165, 1.54) is 121 Å². The van der Waals surface area contributed by atoms with Crippen molar-refractivity contribution in [2.45, 2.75) is 174 Å². The van der Waals surface area contributed by atoms with Gasteiger partial charge in [-0.25, -0.2) is 8.42 Å². The molecule has 4 heteroatoms. The fraction of sp³-hybridized carbons (Fsp3) is 0.824. The predicted molar refractivity (Wildman–Crippen MR) is 165 cm³/mol. The van der Waals surface area contributed by atoms with Crippen LogP contribution in [-0.4, -0.2) is 18.7 Å². The van der Waals surface area contributed by atoms with E-state index in [4.69, 9.17) is 0 Å². The molecule has 0 spiro atoms. The monoisotopic (exact) mass is 549 g/mol. The van der Waals surface area contributed by atoms with Crippen molar-refractivity contribution < 1.29 is 13.0 Å². The van der Waals surface area contributed by atoms with Gasteiger partial charge in [-0.15, -0.1) is 0 Å². The van der Waals surface area contributed by atoms with Gasteiger partial charge < -0.3 is 4.55 Å². The van der Waals surface area contributed by atoms with Gasteiger partial charge in [0.25, 0.3) is 0 Å². The van der Waals surface area contributed by atoms with Crippen molar-refractivity contribution >= 4 is 10.1 Å². The Morgan fingerprint density at radius 2 is 0.974 bits per heavy atom. The highest BCUT2D eigenvalue weighted by Crippen LogP contribution is 2.29. The van der Waals surface area contributed by atoms with E-state index in [-0.39, 0.29) is 5.75 Å². The molecule has 0 aromatic heterocycles. The Labute approximate surface area is 237 Å². The first-order valence-corrected chi connectivity index (χ1v) is 18.0. The lowest BCUT2D eigenvalue weighted by Crippen LogP contribution is -2.03. The number of unbranched alkanes of at least 4 members (excludes halogenated alkanes) is 17. The molecule has 38 heavy (non-hydrogen) atoms. The van der Waals surface area contributed by atoms with Crippen LogP contribution in [0.25, 0.3) is 0 Å². The van der Waals surface area contributed by atoms with Crippen molar-refractivity contribution in [3.05, 3.63) is 35.4 Å². The molecule has 1 aromatic rings. The van der Waals surface area contributed by atoms with Gasteiger partial charge in [0, 0.05) is 5.75 Å². The Bertz CT molecular complexity index is 756. The van der Waals surface area contributed by atoms with Crippen LogP contribution in [0.4, 0.5) is 0 Å². The molecule has 0 saturated carbocycles. The van der Waals surface area contributed by atoms with Crippen LogP contribution >= 0.6 is 0 Å². The fourth-order valence-electron chi connectivity index (χ4n) is 5.71. The average Bonchev–Trinajstić information content (AvgIpc) is 2.90. The summed E-state index contributed by atoms with van der Waals surface area (Å²) < 4.78 is 31.8. The molecule has 0 saturated heterocycles. The maximum atomic E-state index is 10.6. The minimum absolute atomic E-state index is 0.200. The third-order valence-electron chi connectivity index (χ3n) is 8.41. The summed E-state index contributed by atoms with van der Waals surface area (Å²) in [6, 6.07) is 9.61. The second kappa shape index (κ2) is 22.9. The quantitative estimate of drug-likeness (QED) is 0.0852. The summed E-state index contributed by atoms with van der Waals surface area (Å²) in [5, 5.41) is 0. The van der Waals surface area contributed by atoms with E-state index >= 15 is 0 Å². The highest BCUT2D eigenvalue weighted by atomic mass is 32.2. The molecule has 0 aliphatic rings. The molecule has 0 aliphatic carbocycles. The highest BCUT2D eigenvalue weighted by Gasteiger charge is 2.11. The van der Waals surface area contributed by atoms with Crippen LogP contribution in [-0.2, 0) is 10.1 Å². The van der Waals surface area contributed by atoms with E-state index in [0.717, 1.165) is 25.2 Å². The van der Waals surface area contributed by atoms with E-state index in [1.54, 1.807) is 5.56 Å². The molecule has 0 amide bonds. The van der Waals surface area contributed by atoms with Crippen molar-refractivity contribution in [1.82, 2.24) is 0 Å². The molecule has 0 fully saturated rings. The van der Waals surface area contributed by atoms with E-state index in [9.17, 15) is 13.0 Å². The lowest BCUT2D eigenvalue weighted by molar-refractivity contribution is 0.459. The Kier molecular flexibility index (Phi) is 21.2. The first kappa shape index (κ1) is 35.2. The molecule has 3 nitrogen and oxygen atoms in total. The molecule has 0 N–H and O–H groups in total. The normalized spacial score (nSPS) is 13.6. The van der Waals surface area contributed by atoms with Crippen LogP contribution in [0.15, 0.2) is 24.3 Å². The third kappa shape index (κ3) is 19.2. The Morgan fingerprint density at radius 3 is 1.42 bits per heavy atom. The van der Waals surface area contributed by atoms with Gasteiger partial charge >= 0.3 is 0 Å². The zero-order valence-corrected chi connectivity index (χ0v) is 26.2. The molecule has 0 bridgehead atoms. The minimum Gasteiger partial charge on any atom is -0.748 e. The average molecular weight is 550 g/mol. The summed E-state index contributed by atoms with van der Waals surface area (Å²) in [6.45, 7) is 7.02. The van der Waals surface area contributed by atoms with Crippen molar-refractivity contribution in [3.63, 3.8) is 0 Å². The van der Waals surface area contributed by atoms with Crippen molar-refractivity contribution in [1.29, 1.82) is 0 Å². The number of hydrogen-bond donors (Lipinski definition) is 0. The number of rotatable bonds is 26. The zero-order chi connectivity index (χ0) is 27.9. The van der Waals surface area contributed by atoms with Crippen molar-refractivity contribution in [2.75, 3.05) is 5.75 Å². The number of benzene rings is 1. The Balaban J connectivity index is 2.10. The molecule has 1 aromatic carbocycles. The highest BCUT2D eigenvalue weighted by molar-refractivity contribution is 7.85. The van der Waals surface area contributed by atoms with Gasteiger partial charge in [0.2, 0.25) is 0 Å². The molecular formula is C34H61O3S-. The van der Waals surface area contributed by atoms with Gasteiger partial charge in [-0.2, -0.15) is 0 Å². The van der Waals surface area contributed by atoms with Crippen LogP contribution in [0.1, 0.15) is 185 Å². The van der Waals surface area contributed by atoms with Crippen LogP contribution in [0.2, 0.25) is 0 Å². The molecule has 222 valence electrons. The maximum Gasteiger partial charge on any atom is 0.0945 e. The van der Waals surface area contributed by atoms with Crippen LogP contribution < -0.4 is 0 Å². The molecule has 0 radical (unpaired) electrons. The molecule has 0 aliphatic heterocycles. The second-order valence-electron chi connectivity index (χ2n) is 11.9. The van der Waals surface area contributed by atoms with Gasteiger partial charge in [0.05, 0.1) is 10.1 Å². The predicted octanol–water partition coefficient (Wildman–Crippen LogP) is 11.0. The van der Waals surface area contributed by atoms with E-state index in [2.05, 4.69) is 45.0 Å². The maximum absolute atomic E-state index is 10.6. The lowest BCUT2D eigenvalue weighted by Gasteiger charge is -2.17. The van der Waals surface area contributed by atoms with E-state index in [0.29, 0.717) is 12.3 Å². The topological polar surface area (TPSA) is 57.2 Å². The summed E-state index contributed by atoms with van der Waals surface area (Å²) >= 11 is 0. The van der Waals surface area contributed by atoms with Crippen LogP contribution in [0.3, 0.4) is 0 Å². The van der Waals surface area contributed by atoms with Crippen LogP contribution in [0, 0.1) is 0 Å². The summed E-state index contributed by atoms with van der Waals surface area (Å²) in [5.41, 5.74) is 3.04. The first-order chi connectivity index (χ1) is 18.4. The number of hydrogen-bond acceptors (Lipinski definition) is 3. The lowest BCUT2D eigenvalue weighted by atomic mass is 9.88. The van der Waals surface area contributed by atoms with E-state index < -0.39 is 10.1 Å². The first-order valence-electron chi connectivity index (χ1n) is 16.4. The van der Waals surface area contributed by atoms with Crippen LogP contribution in [0.5, 0.6) is 0 Å². The summed E-state index contributed by atoms with van der Waals surface area (Å²) in [7, 11) is -4.02. The molecular weight excluding hydrogens is 488 g/mol. The van der Waals surface area contributed by atoms with Gasteiger partial charge in [-0.05, 0) is 48.6 Å². The molecule has 2 unspecified atom stereocenters. The zero-order valence-electron chi connectivity index (χ0n) is 25.4. The standard InChI is InChI=1S/C34H62O3S/c1-4-6-7-8-9-12-16-19-22-25-32(5-2)34-28-26-33(27-29-34)31(3)24-21-18-15-13-10-11-14-17-20-23-30-38(35,36)37/h26-29,31-32H,4-25,30H2,1-3H3,(H,35,36,37)/p-1. The summed E-state index contributed by atoms with van der Waals surface area (Å²) in [6.07, 6.45) is 27.8. The summed E-state index contributed by atoms with van der Waals surface area (Å²) in [5.74, 6) is 1.16. The second-order valence-corrected chi connectivity index (χ2v) is 13.4. The summed E-state index contributed by atoms with van der Waals surface area (Å²) in [4.78, 5) is 0. The SMILES string of the molecule is CCCCCCCCCCCC(CC)c1ccc(C(C)CCCCCCCCCCCCS(=O)(=O)[O-])cc1. The van der Waals surface area contributed by atoms with Gasteiger partial charge in [-0.3, -0.25) is 0 Å². The Morgan fingerprint density at radius 1 is 0.579 bits per heavy atom. The Hall–Kier alpha value is -0.870. The smallest absolute Gasteiger partial charge is 0.0945 e. The van der Waals surface area contributed by atoms with Crippen molar-refractivity contribution in [2.24, 2.45) is 0 Å².